The van der Waals surface area contributed by atoms with Gasteiger partial charge in [-0.05, 0) is 44.2 Å². The van der Waals surface area contributed by atoms with Crippen molar-refractivity contribution >= 4 is 32.6 Å². The van der Waals surface area contributed by atoms with Gasteiger partial charge in [-0.1, -0.05) is 29.8 Å². The van der Waals surface area contributed by atoms with Gasteiger partial charge in [0.05, 0.1) is 22.7 Å². The van der Waals surface area contributed by atoms with Crippen molar-refractivity contribution < 1.29 is 17.9 Å². The van der Waals surface area contributed by atoms with Gasteiger partial charge in [0.2, 0.25) is 0 Å². The van der Waals surface area contributed by atoms with Gasteiger partial charge < -0.3 is 4.74 Å². The fourth-order valence-electron chi connectivity index (χ4n) is 2.43. The molecule has 0 spiro atoms. The molecule has 1 heterocycles. The first-order valence-corrected chi connectivity index (χ1v) is 9.55. The van der Waals surface area contributed by atoms with Crippen LogP contribution in [0.5, 0.6) is 0 Å². The summed E-state index contributed by atoms with van der Waals surface area (Å²) < 4.78 is 32.5. The summed E-state index contributed by atoms with van der Waals surface area (Å²) in [5.74, 6) is -0.514. The number of rotatable bonds is 5. The number of sulfonamides is 1. The highest BCUT2D eigenvalue weighted by molar-refractivity contribution is 7.92. The number of carbonyl (C=O) groups excluding carboxylic acids is 1. The number of benzene rings is 2. The van der Waals surface area contributed by atoms with Crippen molar-refractivity contribution in [3.05, 3.63) is 65.9 Å². The van der Waals surface area contributed by atoms with Crippen molar-refractivity contribution in [2.75, 3.05) is 11.3 Å². The highest BCUT2D eigenvalue weighted by Gasteiger charge is 2.15. The van der Waals surface area contributed by atoms with Crippen LogP contribution in [0.4, 0.5) is 5.69 Å². The number of aromatic nitrogens is 1. The number of nitrogens with one attached hydrogen (secondary N) is 1. The molecule has 0 atom stereocenters. The summed E-state index contributed by atoms with van der Waals surface area (Å²) in [6.07, 6.45) is 0. The second-order valence-electron chi connectivity index (χ2n) is 5.74. The van der Waals surface area contributed by atoms with Gasteiger partial charge in [0.25, 0.3) is 10.0 Å². The van der Waals surface area contributed by atoms with E-state index in [4.69, 9.17) is 4.74 Å². The molecule has 0 radical (unpaired) electrons. The van der Waals surface area contributed by atoms with E-state index < -0.39 is 16.0 Å². The van der Waals surface area contributed by atoms with E-state index in [2.05, 4.69) is 9.71 Å². The maximum absolute atomic E-state index is 12.5. The van der Waals surface area contributed by atoms with Crippen LogP contribution >= 0.6 is 0 Å². The molecule has 1 N–H and O–H groups in total. The minimum absolute atomic E-state index is 0.177. The van der Waals surface area contributed by atoms with Crippen molar-refractivity contribution in [2.24, 2.45) is 0 Å². The lowest BCUT2D eigenvalue weighted by molar-refractivity contribution is 0.0520. The summed E-state index contributed by atoms with van der Waals surface area (Å²) in [5, 5.41) is 0.788. The van der Waals surface area contributed by atoms with E-state index in [-0.39, 0.29) is 17.2 Å². The number of carbonyl (C=O) groups is 1. The Labute approximate surface area is 151 Å². The summed E-state index contributed by atoms with van der Waals surface area (Å²) in [4.78, 5) is 16.3. The van der Waals surface area contributed by atoms with Crippen LogP contribution in [-0.2, 0) is 14.8 Å². The molecule has 1 aromatic heterocycles. The normalized spacial score (nSPS) is 11.3. The number of fused-ring (bicyclic) bond motifs is 1. The standard InChI is InChI=1S/C19H18N2O4S/c1-3-25-19(22)17-11-7-14-6-8-15(12-18(14)20-17)21-26(23,24)16-9-4-13(2)5-10-16/h4-12,21H,3H2,1-2H3. The number of pyridine rings is 1. The molecule has 7 heteroatoms. The SMILES string of the molecule is CCOC(=O)c1ccc2ccc(NS(=O)(=O)c3ccc(C)cc3)cc2n1. The van der Waals surface area contributed by atoms with Crippen molar-refractivity contribution in [3.63, 3.8) is 0 Å². The van der Waals surface area contributed by atoms with Crippen LogP contribution in [0.15, 0.2) is 59.5 Å². The zero-order valence-electron chi connectivity index (χ0n) is 14.4. The summed E-state index contributed by atoms with van der Waals surface area (Å²) in [5.41, 5.74) is 2.02. The van der Waals surface area contributed by atoms with Gasteiger partial charge in [0.1, 0.15) is 5.69 Å². The Bertz CT molecular complexity index is 1060. The molecule has 134 valence electrons. The zero-order chi connectivity index (χ0) is 18.7. The number of ether oxygens (including phenoxy) is 1. The average Bonchev–Trinajstić information content (AvgIpc) is 2.61. The van der Waals surface area contributed by atoms with E-state index >= 15 is 0 Å². The fourth-order valence-corrected chi connectivity index (χ4v) is 3.48. The van der Waals surface area contributed by atoms with Crippen molar-refractivity contribution in [3.8, 4) is 0 Å². The van der Waals surface area contributed by atoms with E-state index in [1.54, 1.807) is 61.5 Å². The first-order chi connectivity index (χ1) is 12.4. The molecule has 0 aliphatic rings. The van der Waals surface area contributed by atoms with Crippen molar-refractivity contribution in [2.45, 2.75) is 18.7 Å². The Kier molecular flexibility index (Phi) is 4.90. The monoisotopic (exact) mass is 370 g/mol. The molecular formula is C19H18N2O4S. The molecule has 0 fully saturated rings. The lowest BCUT2D eigenvalue weighted by Gasteiger charge is -2.09. The number of hydrogen-bond acceptors (Lipinski definition) is 5. The minimum atomic E-state index is -3.70. The van der Waals surface area contributed by atoms with Gasteiger partial charge >= 0.3 is 5.97 Å². The predicted molar refractivity (Wildman–Crippen MR) is 99.7 cm³/mol. The molecule has 0 aliphatic carbocycles. The maximum Gasteiger partial charge on any atom is 0.356 e. The molecular weight excluding hydrogens is 352 g/mol. The van der Waals surface area contributed by atoms with Crippen LogP contribution in [0, 0.1) is 6.92 Å². The third-order valence-electron chi connectivity index (χ3n) is 3.76. The second kappa shape index (κ2) is 7.13. The van der Waals surface area contributed by atoms with E-state index in [0.717, 1.165) is 10.9 Å². The summed E-state index contributed by atoms with van der Waals surface area (Å²) in [7, 11) is -3.70. The molecule has 0 aliphatic heterocycles. The Morgan fingerprint density at radius 3 is 2.46 bits per heavy atom. The molecule has 3 aromatic rings. The van der Waals surface area contributed by atoms with Crippen LogP contribution in [0.25, 0.3) is 10.9 Å². The molecule has 0 saturated carbocycles. The van der Waals surface area contributed by atoms with E-state index in [9.17, 15) is 13.2 Å². The molecule has 0 unspecified atom stereocenters. The highest BCUT2D eigenvalue weighted by Crippen LogP contribution is 2.21. The van der Waals surface area contributed by atoms with Gasteiger partial charge in [0, 0.05) is 5.39 Å². The first kappa shape index (κ1) is 17.9. The topological polar surface area (TPSA) is 85.4 Å². The quantitative estimate of drug-likeness (QED) is 0.695. The average molecular weight is 370 g/mol. The number of aryl methyl sites for hydroxylation is 1. The van der Waals surface area contributed by atoms with Gasteiger partial charge in [-0.25, -0.2) is 18.2 Å². The van der Waals surface area contributed by atoms with Crippen molar-refractivity contribution in [1.29, 1.82) is 0 Å². The first-order valence-electron chi connectivity index (χ1n) is 8.06. The van der Waals surface area contributed by atoms with Gasteiger partial charge in [-0.2, -0.15) is 0 Å². The summed E-state index contributed by atoms with van der Waals surface area (Å²) in [6.45, 7) is 3.87. The van der Waals surface area contributed by atoms with Crippen LogP contribution < -0.4 is 4.72 Å². The maximum atomic E-state index is 12.5. The smallest absolute Gasteiger partial charge is 0.356 e. The van der Waals surface area contributed by atoms with Crippen LogP contribution in [-0.4, -0.2) is 26.0 Å². The second-order valence-corrected chi connectivity index (χ2v) is 7.43. The fraction of sp³-hybridized carbons (Fsp3) is 0.158. The molecule has 6 nitrogen and oxygen atoms in total. The third kappa shape index (κ3) is 3.83. The minimum Gasteiger partial charge on any atom is -0.461 e. The predicted octanol–water partition coefficient (Wildman–Crippen LogP) is 3.52. The Balaban J connectivity index is 1.92. The third-order valence-corrected chi connectivity index (χ3v) is 5.16. The largest absolute Gasteiger partial charge is 0.461 e. The lowest BCUT2D eigenvalue weighted by atomic mass is 10.2. The molecule has 3 rings (SSSR count). The Hall–Kier alpha value is -2.93. The molecule has 26 heavy (non-hydrogen) atoms. The summed E-state index contributed by atoms with van der Waals surface area (Å²) in [6, 6.07) is 14.9. The van der Waals surface area contributed by atoms with Gasteiger partial charge in [-0.15, -0.1) is 0 Å². The van der Waals surface area contributed by atoms with Crippen LogP contribution in [0.3, 0.4) is 0 Å². The Morgan fingerprint density at radius 2 is 1.77 bits per heavy atom. The lowest BCUT2D eigenvalue weighted by Crippen LogP contribution is -2.13. The molecule has 0 bridgehead atoms. The highest BCUT2D eigenvalue weighted by atomic mass is 32.2. The molecule has 2 aromatic carbocycles. The summed E-state index contributed by atoms with van der Waals surface area (Å²) >= 11 is 0. The van der Waals surface area contributed by atoms with Crippen molar-refractivity contribution in [1.82, 2.24) is 4.98 Å². The van der Waals surface area contributed by atoms with Gasteiger partial charge in [0.15, 0.2) is 0 Å². The molecule has 0 amide bonds. The van der Waals surface area contributed by atoms with E-state index in [1.807, 2.05) is 6.92 Å². The number of hydrogen-bond donors (Lipinski definition) is 1. The number of nitrogens with zero attached hydrogens (tertiary/aromatic N) is 1. The zero-order valence-corrected chi connectivity index (χ0v) is 15.2. The number of anilines is 1. The van der Waals surface area contributed by atoms with Crippen LogP contribution in [0.2, 0.25) is 0 Å². The van der Waals surface area contributed by atoms with E-state index in [1.165, 1.54) is 0 Å². The Morgan fingerprint density at radius 1 is 1.08 bits per heavy atom. The molecule has 0 saturated heterocycles. The van der Waals surface area contributed by atoms with E-state index in [0.29, 0.717) is 11.2 Å². The number of esters is 1. The van der Waals surface area contributed by atoms with Gasteiger partial charge in [-0.3, -0.25) is 4.72 Å². The van der Waals surface area contributed by atoms with Crippen LogP contribution in [0.1, 0.15) is 23.0 Å².